The second-order valence-corrected chi connectivity index (χ2v) is 7.66. The number of thioether (sulfide) groups is 1. The van der Waals surface area contributed by atoms with Gasteiger partial charge in [-0.1, -0.05) is 19.9 Å². The van der Waals surface area contributed by atoms with Crippen LogP contribution in [0.4, 0.5) is 0 Å². The van der Waals surface area contributed by atoms with Crippen molar-refractivity contribution in [3.63, 3.8) is 0 Å². The summed E-state index contributed by atoms with van der Waals surface area (Å²) in [6, 6.07) is 0. The zero-order valence-electron chi connectivity index (χ0n) is 14.0. The topological polar surface area (TPSA) is 52.6 Å². The summed E-state index contributed by atoms with van der Waals surface area (Å²) in [5.74, 6) is -0.707. The molecule has 0 N–H and O–H groups in total. The van der Waals surface area contributed by atoms with E-state index in [1.807, 2.05) is 47.0 Å². The van der Waals surface area contributed by atoms with Crippen molar-refractivity contribution in [1.29, 1.82) is 0 Å². The molecule has 0 aromatic carbocycles. The van der Waals surface area contributed by atoms with Gasteiger partial charge in [0.15, 0.2) is 0 Å². The molecular weight excluding hydrogens is 288 g/mol. The predicted molar refractivity (Wildman–Crippen MR) is 84.8 cm³/mol. The molecule has 21 heavy (non-hydrogen) atoms. The Bertz CT molecular complexity index is 446. The third kappa shape index (κ3) is 4.50. The summed E-state index contributed by atoms with van der Waals surface area (Å²) in [7, 11) is 0. The second kappa shape index (κ2) is 6.42. The number of hydrogen-bond acceptors (Lipinski definition) is 5. The monoisotopic (exact) mass is 314 g/mol. The van der Waals surface area contributed by atoms with E-state index in [1.165, 1.54) is 11.8 Å². The number of esters is 2. The molecule has 2 atom stereocenters. The highest BCUT2D eigenvalue weighted by Crippen LogP contribution is 2.60. The van der Waals surface area contributed by atoms with Crippen LogP contribution in [0.2, 0.25) is 0 Å². The molecule has 0 unspecified atom stereocenters. The summed E-state index contributed by atoms with van der Waals surface area (Å²) in [5, 5.41) is 0. The zero-order valence-corrected chi connectivity index (χ0v) is 14.8. The standard InChI is InChI=1S/C16H26O4S/c1-8-19-13(17)11(21-7)9-10-12(16(10,5)6)14(18)20-15(2,3)4/h9-10,12H,8H2,1-7H3/t10-,12+/m1/s1. The summed E-state index contributed by atoms with van der Waals surface area (Å²) in [4.78, 5) is 24.6. The van der Waals surface area contributed by atoms with Crippen molar-refractivity contribution >= 4 is 23.7 Å². The van der Waals surface area contributed by atoms with Gasteiger partial charge in [-0.05, 0) is 45.3 Å². The maximum absolute atomic E-state index is 12.2. The van der Waals surface area contributed by atoms with Gasteiger partial charge in [0.1, 0.15) is 5.60 Å². The number of hydrogen-bond donors (Lipinski definition) is 0. The van der Waals surface area contributed by atoms with Gasteiger partial charge in [0.2, 0.25) is 0 Å². The molecule has 4 nitrogen and oxygen atoms in total. The molecule has 1 aliphatic rings. The molecule has 1 saturated carbocycles. The van der Waals surface area contributed by atoms with Crippen LogP contribution in [0.1, 0.15) is 41.5 Å². The van der Waals surface area contributed by atoms with Crippen LogP contribution in [0.3, 0.4) is 0 Å². The van der Waals surface area contributed by atoms with Gasteiger partial charge < -0.3 is 9.47 Å². The molecule has 0 aliphatic heterocycles. The molecule has 0 saturated heterocycles. The number of rotatable bonds is 5. The lowest BCUT2D eigenvalue weighted by atomic mass is 10.1. The van der Waals surface area contributed by atoms with E-state index in [0.29, 0.717) is 11.5 Å². The first-order valence-corrected chi connectivity index (χ1v) is 8.42. The fraction of sp³-hybridized carbons (Fsp3) is 0.750. The molecule has 5 heteroatoms. The second-order valence-electron chi connectivity index (χ2n) is 6.81. The first-order valence-electron chi connectivity index (χ1n) is 7.20. The Balaban J connectivity index is 2.84. The zero-order chi connectivity index (χ0) is 16.4. The largest absolute Gasteiger partial charge is 0.462 e. The molecule has 0 amide bonds. The van der Waals surface area contributed by atoms with Gasteiger partial charge in [0.05, 0.1) is 17.4 Å². The van der Waals surface area contributed by atoms with E-state index >= 15 is 0 Å². The minimum atomic E-state index is -0.493. The van der Waals surface area contributed by atoms with Crippen LogP contribution in [0.25, 0.3) is 0 Å². The average Bonchev–Trinajstić information content (AvgIpc) is 2.85. The van der Waals surface area contributed by atoms with E-state index in [1.54, 1.807) is 6.92 Å². The summed E-state index contributed by atoms with van der Waals surface area (Å²) in [6.45, 7) is 11.7. The fourth-order valence-corrected chi connectivity index (χ4v) is 2.90. The van der Waals surface area contributed by atoms with Gasteiger partial charge in [-0.3, -0.25) is 4.79 Å². The van der Waals surface area contributed by atoms with Crippen molar-refractivity contribution in [1.82, 2.24) is 0 Å². The van der Waals surface area contributed by atoms with Crippen molar-refractivity contribution in [2.24, 2.45) is 17.3 Å². The number of carbonyl (C=O) groups excluding carboxylic acids is 2. The highest BCUT2D eigenvalue weighted by molar-refractivity contribution is 8.03. The molecule has 1 fully saturated rings. The lowest BCUT2D eigenvalue weighted by Crippen LogP contribution is -2.26. The number of allylic oxidation sites excluding steroid dienone is 1. The minimum absolute atomic E-state index is 0.0132. The van der Waals surface area contributed by atoms with Gasteiger partial charge >= 0.3 is 11.9 Å². The van der Waals surface area contributed by atoms with Crippen LogP contribution in [0, 0.1) is 17.3 Å². The number of carbonyl (C=O) groups is 2. The van der Waals surface area contributed by atoms with Gasteiger partial charge in [0.25, 0.3) is 0 Å². The van der Waals surface area contributed by atoms with E-state index in [-0.39, 0.29) is 29.2 Å². The van der Waals surface area contributed by atoms with E-state index in [4.69, 9.17) is 9.47 Å². The maximum Gasteiger partial charge on any atom is 0.344 e. The molecular formula is C16H26O4S. The lowest BCUT2D eigenvalue weighted by Gasteiger charge is -2.19. The summed E-state index contributed by atoms with van der Waals surface area (Å²) < 4.78 is 10.5. The summed E-state index contributed by atoms with van der Waals surface area (Å²) in [5.41, 5.74) is -0.677. The first kappa shape index (κ1) is 18.1. The van der Waals surface area contributed by atoms with Gasteiger partial charge in [-0.2, -0.15) is 0 Å². The van der Waals surface area contributed by atoms with Crippen molar-refractivity contribution in [2.75, 3.05) is 12.9 Å². The van der Waals surface area contributed by atoms with Crippen LogP contribution >= 0.6 is 11.8 Å². The molecule has 0 bridgehead atoms. The van der Waals surface area contributed by atoms with Crippen LogP contribution < -0.4 is 0 Å². The third-order valence-corrected chi connectivity index (χ3v) is 4.34. The highest BCUT2D eigenvalue weighted by atomic mass is 32.2. The SMILES string of the molecule is CCOC(=O)C(=C[C@@H]1[C@@H](C(=O)OC(C)(C)C)C1(C)C)SC. The highest BCUT2D eigenvalue weighted by Gasteiger charge is 2.62. The molecule has 1 aliphatic carbocycles. The Morgan fingerprint density at radius 3 is 2.29 bits per heavy atom. The van der Waals surface area contributed by atoms with Crippen LogP contribution in [0.15, 0.2) is 11.0 Å². The smallest absolute Gasteiger partial charge is 0.344 e. The summed E-state index contributed by atoms with van der Waals surface area (Å²) >= 11 is 1.35. The first-order chi connectivity index (χ1) is 9.54. The Hall–Kier alpha value is -0.970. The van der Waals surface area contributed by atoms with E-state index in [2.05, 4.69) is 0 Å². The number of ether oxygens (including phenoxy) is 2. The van der Waals surface area contributed by atoms with E-state index in [0.717, 1.165) is 0 Å². The lowest BCUT2D eigenvalue weighted by molar-refractivity contribution is -0.157. The quantitative estimate of drug-likeness (QED) is 0.575. The van der Waals surface area contributed by atoms with Crippen LogP contribution in [0.5, 0.6) is 0 Å². The Kier molecular flexibility index (Phi) is 5.53. The predicted octanol–water partition coefficient (Wildman–Crippen LogP) is 3.41. The van der Waals surface area contributed by atoms with Crippen LogP contribution in [-0.2, 0) is 19.1 Å². The third-order valence-electron chi connectivity index (χ3n) is 3.60. The molecule has 0 aromatic heterocycles. The van der Waals surface area contributed by atoms with Gasteiger partial charge in [-0.25, -0.2) is 4.79 Å². The summed E-state index contributed by atoms with van der Waals surface area (Å²) in [6.07, 6.45) is 3.69. The Labute approximate surface area is 131 Å². The molecule has 0 spiro atoms. The molecule has 1 rings (SSSR count). The van der Waals surface area contributed by atoms with Gasteiger partial charge in [0, 0.05) is 0 Å². The Morgan fingerprint density at radius 2 is 1.86 bits per heavy atom. The van der Waals surface area contributed by atoms with E-state index < -0.39 is 5.60 Å². The average molecular weight is 314 g/mol. The van der Waals surface area contributed by atoms with Gasteiger partial charge in [-0.15, -0.1) is 11.8 Å². The fourth-order valence-electron chi connectivity index (χ4n) is 2.39. The van der Waals surface area contributed by atoms with Crippen molar-refractivity contribution in [2.45, 2.75) is 47.1 Å². The Morgan fingerprint density at radius 1 is 1.29 bits per heavy atom. The maximum atomic E-state index is 12.2. The van der Waals surface area contributed by atoms with Crippen molar-refractivity contribution in [3.8, 4) is 0 Å². The van der Waals surface area contributed by atoms with Crippen LogP contribution in [-0.4, -0.2) is 30.4 Å². The molecule has 120 valence electrons. The normalized spacial score (nSPS) is 24.4. The van der Waals surface area contributed by atoms with Crippen molar-refractivity contribution < 1.29 is 19.1 Å². The van der Waals surface area contributed by atoms with E-state index in [9.17, 15) is 9.59 Å². The van der Waals surface area contributed by atoms with Crippen molar-refractivity contribution in [3.05, 3.63) is 11.0 Å². The minimum Gasteiger partial charge on any atom is -0.462 e. The molecule has 0 aromatic rings. The molecule has 0 heterocycles. The molecule has 0 radical (unpaired) electrons.